The molecule has 1 N–H and O–H groups in total. The molecule has 0 spiro atoms. The van der Waals surface area contributed by atoms with E-state index >= 15 is 0 Å². The standard InChI is InChI=1S/C17H13N3/c1-11-9-14(13-5-2-3-7-16(13)19-11)12-6-4-8-17-15(12)10-18-20-17/h2-10H,1H3,(H,18,20). The van der Waals surface area contributed by atoms with Crippen LogP contribution in [-0.2, 0) is 0 Å². The average Bonchev–Trinajstić information content (AvgIpc) is 2.94. The summed E-state index contributed by atoms with van der Waals surface area (Å²) < 4.78 is 0. The molecule has 3 heteroatoms. The summed E-state index contributed by atoms with van der Waals surface area (Å²) in [5, 5.41) is 9.49. The highest BCUT2D eigenvalue weighted by Gasteiger charge is 2.09. The third-order valence-electron chi connectivity index (χ3n) is 3.62. The zero-order chi connectivity index (χ0) is 13.5. The lowest BCUT2D eigenvalue weighted by atomic mass is 9.97. The van der Waals surface area contributed by atoms with Crippen molar-refractivity contribution in [2.75, 3.05) is 0 Å². The van der Waals surface area contributed by atoms with Crippen molar-refractivity contribution in [3.8, 4) is 11.1 Å². The highest BCUT2D eigenvalue weighted by molar-refractivity contribution is 6.03. The van der Waals surface area contributed by atoms with Crippen LogP contribution in [0.2, 0.25) is 0 Å². The number of H-pyrrole nitrogens is 1. The van der Waals surface area contributed by atoms with Crippen LogP contribution in [0.15, 0.2) is 54.7 Å². The monoisotopic (exact) mass is 259 g/mol. The molecule has 4 rings (SSSR count). The minimum atomic E-state index is 1.03. The van der Waals surface area contributed by atoms with Crippen molar-refractivity contribution in [2.45, 2.75) is 6.92 Å². The smallest absolute Gasteiger partial charge is 0.0711 e. The van der Waals surface area contributed by atoms with Crippen molar-refractivity contribution >= 4 is 21.8 Å². The zero-order valence-corrected chi connectivity index (χ0v) is 11.1. The van der Waals surface area contributed by atoms with E-state index in [-0.39, 0.29) is 0 Å². The lowest BCUT2D eigenvalue weighted by molar-refractivity contribution is 1.12. The van der Waals surface area contributed by atoms with Gasteiger partial charge in [-0.05, 0) is 36.2 Å². The van der Waals surface area contributed by atoms with Gasteiger partial charge in [-0.25, -0.2) is 0 Å². The quantitative estimate of drug-likeness (QED) is 0.559. The number of aryl methyl sites for hydroxylation is 1. The molecule has 0 saturated carbocycles. The molecule has 4 aromatic rings. The van der Waals surface area contributed by atoms with E-state index in [4.69, 9.17) is 0 Å². The summed E-state index contributed by atoms with van der Waals surface area (Å²) >= 11 is 0. The van der Waals surface area contributed by atoms with Gasteiger partial charge in [-0.3, -0.25) is 10.1 Å². The van der Waals surface area contributed by atoms with Crippen LogP contribution in [0, 0.1) is 6.92 Å². The number of hydrogen-bond donors (Lipinski definition) is 1. The molecule has 0 radical (unpaired) electrons. The van der Waals surface area contributed by atoms with Crippen molar-refractivity contribution in [2.24, 2.45) is 0 Å². The number of rotatable bonds is 1. The summed E-state index contributed by atoms with van der Waals surface area (Å²) in [5.41, 5.74) is 5.52. The highest BCUT2D eigenvalue weighted by atomic mass is 15.1. The summed E-state index contributed by atoms with van der Waals surface area (Å²) in [4.78, 5) is 4.61. The van der Waals surface area contributed by atoms with Gasteiger partial charge in [0.05, 0.1) is 17.2 Å². The van der Waals surface area contributed by atoms with Crippen LogP contribution < -0.4 is 0 Å². The van der Waals surface area contributed by atoms with E-state index in [0.29, 0.717) is 0 Å². The normalized spacial score (nSPS) is 11.2. The topological polar surface area (TPSA) is 41.6 Å². The Morgan fingerprint density at radius 1 is 0.900 bits per heavy atom. The summed E-state index contributed by atoms with van der Waals surface area (Å²) in [5.74, 6) is 0. The van der Waals surface area contributed by atoms with E-state index in [1.807, 2.05) is 25.3 Å². The summed E-state index contributed by atoms with van der Waals surface area (Å²) in [6.45, 7) is 2.03. The molecule has 0 bridgehead atoms. The zero-order valence-electron chi connectivity index (χ0n) is 11.1. The van der Waals surface area contributed by atoms with Crippen LogP contribution >= 0.6 is 0 Å². The fraction of sp³-hybridized carbons (Fsp3) is 0.0588. The molecule has 0 unspecified atom stereocenters. The Bertz CT molecular complexity index is 922. The molecule has 96 valence electrons. The predicted molar refractivity (Wildman–Crippen MR) is 81.6 cm³/mol. The number of aromatic nitrogens is 3. The highest BCUT2D eigenvalue weighted by Crippen LogP contribution is 2.32. The van der Waals surface area contributed by atoms with Gasteiger partial charge in [0.2, 0.25) is 0 Å². The van der Waals surface area contributed by atoms with Gasteiger partial charge in [0, 0.05) is 16.5 Å². The van der Waals surface area contributed by atoms with Crippen LogP contribution in [0.25, 0.3) is 32.9 Å². The van der Waals surface area contributed by atoms with Gasteiger partial charge in [-0.2, -0.15) is 5.10 Å². The molecule has 2 aromatic carbocycles. The van der Waals surface area contributed by atoms with Crippen LogP contribution in [-0.4, -0.2) is 15.2 Å². The van der Waals surface area contributed by atoms with Crippen molar-refractivity contribution in [1.29, 1.82) is 0 Å². The summed E-state index contributed by atoms with van der Waals surface area (Å²) in [6, 6.07) is 16.6. The van der Waals surface area contributed by atoms with Crippen molar-refractivity contribution < 1.29 is 0 Å². The lowest BCUT2D eigenvalue weighted by Gasteiger charge is -2.09. The summed E-state index contributed by atoms with van der Waals surface area (Å²) in [7, 11) is 0. The average molecular weight is 259 g/mol. The molecule has 0 aliphatic heterocycles. The van der Waals surface area contributed by atoms with Crippen molar-refractivity contribution in [1.82, 2.24) is 15.2 Å². The fourth-order valence-corrected chi connectivity index (χ4v) is 2.73. The molecular weight excluding hydrogens is 246 g/mol. The number of pyridine rings is 1. The predicted octanol–water partition coefficient (Wildman–Crippen LogP) is 4.09. The van der Waals surface area contributed by atoms with Gasteiger partial charge < -0.3 is 0 Å². The molecule has 0 aliphatic rings. The Morgan fingerprint density at radius 2 is 1.80 bits per heavy atom. The molecule has 0 amide bonds. The second-order valence-electron chi connectivity index (χ2n) is 4.97. The minimum Gasteiger partial charge on any atom is -0.278 e. The van der Waals surface area contributed by atoms with E-state index < -0.39 is 0 Å². The van der Waals surface area contributed by atoms with Gasteiger partial charge in [0.15, 0.2) is 0 Å². The van der Waals surface area contributed by atoms with Crippen molar-refractivity contribution in [3.63, 3.8) is 0 Å². The molecule has 0 saturated heterocycles. The first kappa shape index (κ1) is 11.2. The Labute approximate surface area is 116 Å². The van der Waals surface area contributed by atoms with E-state index in [9.17, 15) is 0 Å². The van der Waals surface area contributed by atoms with Gasteiger partial charge in [-0.1, -0.05) is 30.3 Å². The first-order chi connectivity index (χ1) is 9.83. The lowest BCUT2D eigenvalue weighted by Crippen LogP contribution is -1.88. The SMILES string of the molecule is Cc1cc(-c2cccc3[nH]ncc23)c2ccccc2n1. The van der Waals surface area contributed by atoms with E-state index in [1.165, 1.54) is 16.5 Å². The number of fused-ring (bicyclic) bond motifs is 2. The second kappa shape index (κ2) is 4.17. The Morgan fingerprint density at radius 3 is 2.75 bits per heavy atom. The number of benzene rings is 2. The minimum absolute atomic E-state index is 1.03. The Kier molecular flexibility index (Phi) is 2.33. The maximum absolute atomic E-state index is 4.61. The van der Waals surface area contributed by atoms with Crippen LogP contribution in [0.5, 0.6) is 0 Å². The molecule has 0 atom stereocenters. The van der Waals surface area contributed by atoms with Gasteiger partial charge in [0.25, 0.3) is 0 Å². The molecule has 3 nitrogen and oxygen atoms in total. The van der Waals surface area contributed by atoms with E-state index in [2.05, 4.69) is 51.6 Å². The second-order valence-corrected chi connectivity index (χ2v) is 4.97. The summed E-state index contributed by atoms with van der Waals surface area (Å²) in [6.07, 6.45) is 1.88. The largest absolute Gasteiger partial charge is 0.278 e. The van der Waals surface area contributed by atoms with Crippen LogP contribution in [0.3, 0.4) is 0 Å². The van der Waals surface area contributed by atoms with E-state index in [0.717, 1.165) is 22.1 Å². The molecule has 2 aromatic heterocycles. The third-order valence-corrected chi connectivity index (χ3v) is 3.62. The molecular formula is C17H13N3. The number of hydrogen-bond acceptors (Lipinski definition) is 2. The fourth-order valence-electron chi connectivity index (χ4n) is 2.73. The first-order valence-electron chi connectivity index (χ1n) is 6.62. The number of nitrogens with zero attached hydrogens (tertiary/aromatic N) is 2. The van der Waals surface area contributed by atoms with Crippen LogP contribution in [0.1, 0.15) is 5.69 Å². The molecule has 20 heavy (non-hydrogen) atoms. The number of aromatic amines is 1. The maximum Gasteiger partial charge on any atom is 0.0711 e. The van der Waals surface area contributed by atoms with E-state index in [1.54, 1.807) is 0 Å². The maximum atomic E-state index is 4.61. The molecule has 0 aliphatic carbocycles. The Balaban J connectivity index is 2.14. The Hall–Kier alpha value is -2.68. The third kappa shape index (κ3) is 1.60. The number of para-hydroxylation sites is 1. The molecule has 2 heterocycles. The van der Waals surface area contributed by atoms with Gasteiger partial charge in [0.1, 0.15) is 0 Å². The number of nitrogens with one attached hydrogen (secondary N) is 1. The van der Waals surface area contributed by atoms with Gasteiger partial charge >= 0.3 is 0 Å². The first-order valence-corrected chi connectivity index (χ1v) is 6.62. The van der Waals surface area contributed by atoms with Crippen LogP contribution in [0.4, 0.5) is 0 Å². The molecule has 0 fully saturated rings. The van der Waals surface area contributed by atoms with Gasteiger partial charge in [-0.15, -0.1) is 0 Å². The van der Waals surface area contributed by atoms with Crippen molar-refractivity contribution in [3.05, 3.63) is 60.4 Å².